The van der Waals surface area contributed by atoms with Crippen LogP contribution < -0.4 is 5.32 Å². The second-order valence-electron chi connectivity index (χ2n) is 4.98. The minimum Gasteiger partial charge on any atom is -0.372 e. The third kappa shape index (κ3) is 6.91. The number of ether oxygens (including phenoxy) is 1. The summed E-state index contributed by atoms with van der Waals surface area (Å²) in [4.78, 5) is 0. The molecule has 0 saturated carbocycles. The van der Waals surface area contributed by atoms with Crippen LogP contribution in [0.5, 0.6) is 0 Å². The Morgan fingerprint density at radius 3 is 2.40 bits per heavy atom. The third-order valence-electron chi connectivity index (χ3n) is 3.11. The van der Waals surface area contributed by atoms with Crippen LogP contribution in [0, 0.1) is 6.92 Å². The maximum Gasteiger partial charge on any atom is 0.411 e. The molecule has 0 spiro atoms. The summed E-state index contributed by atoms with van der Waals surface area (Å²) in [6.07, 6.45) is -2.81. The Bertz CT molecular complexity index is 376. The SMILES string of the molecule is CNCC(CCCOCC(F)(F)F)c1ccc(C)cc1. The van der Waals surface area contributed by atoms with Crippen LogP contribution in [0.1, 0.15) is 29.9 Å². The molecule has 1 N–H and O–H groups in total. The highest BCUT2D eigenvalue weighted by atomic mass is 19.4. The van der Waals surface area contributed by atoms with Crippen molar-refractivity contribution >= 4 is 0 Å². The van der Waals surface area contributed by atoms with E-state index in [4.69, 9.17) is 0 Å². The zero-order valence-corrected chi connectivity index (χ0v) is 12.0. The fourth-order valence-electron chi connectivity index (χ4n) is 2.09. The van der Waals surface area contributed by atoms with Crippen LogP contribution in [0.25, 0.3) is 0 Å². The average Bonchev–Trinajstić information content (AvgIpc) is 2.37. The Balaban J connectivity index is 2.38. The first-order chi connectivity index (χ1) is 9.42. The van der Waals surface area contributed by atoms with Crippen molar-refractivity contribution in [3.63, 3.8) is 0 Å². The van der Waals surface area contributed by atoms with Crippen molar-refractivity contribution in [2.24, 2.45) is 0 Å². The van der Waals surface area contributed by atoms with E-state index >= 15 is 0 Å². The Kier molecular flexibility index (Phi) is 7.02. The van der Waals surface area contributed by atoms with E-state index in [2.05, 4.69) is 34.3 Å². The summed E-state index contributed by atoms with van der Waals surface area (Å²) in [6, 6.07) is 8.26. The van der Waals surface area contributed by atoms with E-state index in [0.717, 1.165) is 13.0 Å². The molecule has 0 radical (unpaired) electrons. The molecule has 1 aromatic rings. The number of rotatable bonds is 8. The molecule has 5 heteroatoms. The highest BCUT2D eigenvalue weighted by molar-refractivity contribution is 5.24. The van der Waals surface area contributed by atoms with Gasteiger partial charge in [0.05, 0.1) is 0 Å². The normalized spacial score (nSPS) is 13.4. The largest absolute Gasteiger partial charge is 0.411 e. The molecule has 114 valence electrons. The van der Waals surface area contributed by atoms with Gasteiger partial charge in [0.25, 0.3) is 0 Å². The summed E-state index contributed by atoms with van der Waals surface area (Å²) >= 11 is 0. The van der Waals surface area contributed by atoms with Gasteiger partial charge >= 0.3 is 6.18 Å². The molecule has 20 heavy (non-hydrogen) atoms. The first-order valence-corrected chi connectivity index (χ1v) is 6.78. The summed E-state index contributed by atoms with van der Waals surface area (Å²) in [5, 5.41) is 3.13. The maximum atomic E-state index is 11.9. The fraction of sp³-hybridized carbons (Fsp3) is 0.600. The summed E-state index contributed by atoms with van der Waals surface area (Å²) in [5.74, 6) is 0.301. The van der Waals surface area contributed by atoms with Gasteiger partial charge in [0, 0.05) is 13.2 Å². The molecule has 0 aliphatic heterocycles. The molecule has 1 aromatic carbocycles. The van der Waals surface area contributed by atoms with Crippen molar-refractivity contribution in [1.82, 2.24) is 5.32 Å². The molecule has 0 aromatic heterocycles. The van der Waals surface area contributed by atoms with Crippen molar-refractivity contribution in [2.45, 2.75) is 31.9 Å². The van der Waals surface area contributed by atoms with Gasteiger partial charge in [0.15, 0.2) is 0 Å². The number of nitrogens with one attached hydrogen (secondary N) is 1. The molecular weight excluding hydrogens is 267 g/mol. The lowest BCUT2D eigenvalue weighted by Crippen LogP contribution is -2.19. The lowest BCUT2D eigenvalue weighted by Gasteiger charge is -2.17. The van der Waals surface area contributed by atoms with Crippen molar-refractivity contribution < 1.29 is 17.9 Å². The van der Waals surface area contributed by atoms with Crippen molar-refractivity contribution in [2.75, 3.05) is 26.8 Å². The number of alkyl halides is 3. The molecule has 0 aliphatic carbocycles. The van der Waals surface area contributed by atoms with Crippen LogP contribution >= 0.6 is 0 Å². The van der Waals surface area contributed by atoms with Crippen LogP contribution in [-0.2, 0) is 4.74 Å². The molecule has 1 unspecified atom stereocenters. The number of hydrogen-bond donors (Lipinski definition) is 1. The van der Waals surface area contributed by atoms with Gasteiger partial charge in [0.2, 0.25) is 0 Å². The zero-order valence-electron chi connectivity index (χ0n) is 12.0. The van der Waals surface area contributed by atoms with Gasteiger partial charge in [-0.05, 0) is 38.3 Å². The van der Waals surface area contributed by atoms with E-state index in [1.807, 2.05) is 14.0 Å². The Morgan fingerprint density at radius 2 is 1.85 bits per heavy atom. The summed E-state index contributed by atoms with van der Waals surface area (Å²) in [7, 11) is 1.88. The highest BCUT2D eigenvalue weighted by Gasteiger charge is 2.27. The zero-order chi connectivity index (χ0) is 15.0. The molecule has 0 heterocycles. The van der Waals surface area contributed by atoms with Gasteiger partial charge in [-0.3, -0.25) is 0 Å². The molecule has 0 bridgehead atoms. The summed E-state index contributed by atoms with van der Waals surface area (Å²) in [6.45, 7) is 1.82. The minimum absolute atomic E-state index is 0.144. The van der Waals surface area contributed by atoms with Crippen LogP contribution in [0.2, 0.25) is 0 Å². The number of benzene rings is 1. The number of halogens is 3. The third-order valence-corrected chi connectivity index (χ3v) is 3.11. The molecule has 2 nitrogen and oxygen atoms in total. The van der Waals surface area contributed by atoms with Gasteiger partial charge in [-0.1, -0.05) is 29.8 Å². The van der Waals surface area contributed by atoms with Crippen LogP contribution in [0.4, 0.5) is 13.2 Å². The van der Waals surface area contributed by atoms with Gasteiger partial charge < -0.3 is 10.1 Å². The van der Waals surface area contributed by atoms with Crippen LogP contribution in [0.3, 0.4) is 0 Å². The van der Waals surface area contributed by atoms with Gasteiger partial charge in [0.1, 0.15) is 6.61 Å². The smallest absolute Gasteiger partial charge is 0.372 e. The second-order valence-corrected chi connectivity index (χ2v) is 4.98. The predicted octanol–water partition coefficient (Wildman–Crippen LogP) is 3.66. The van der Waals surface area contributed by atoms with Gasteiger partial charge in [-0.2, -0.15) is 13.2 Å². The molecule has 0 aliphatic rings. The molecule has 1 atom stereocenters. The summed E-state index contributed by atoms with van der Waals surface area (Å²) < 4.78 is 40.4. The van der Waals surface area contributed by atoms with Crippen molar-refractivity contribution in [3.8, 4) is 0 Å². The number of hydrogen-bond acceptors (Lipinski definition) is 2. The highest BCUT2D eigenvalue weighted by Crippen LogP contribution is 2.21. The minimum atomic E-state index is -4.23. The van der Waals surface area contributed by atoms with E-state index in [-0.39, 0.29) is 6.61 Å². The molecule has 0 fully saturated rings. The molecule has 0 amide bonds. The van der Waals surface area contributed by atoms with Gasteiger partial charge in [-0.15, -0.1) is 0 Å². The Labute approximate surface area is 118 Å². The monoisotopic (exact) mass is 289 g/mol. The van der Waals surface area contributed by atoms with Crippen LogP contribution in [-0.4, -0.2) is 33.0 Å². The maximum absolute atomic E-state index is 11.9. The van der Waals surface area contributed by atoms with Crippen molar-refractivity contribution in [1.29, 1.82) is 0 Å². The molecular formula is C15H22F3NO. The Morgan fingerprint density at radius 1 is 1.20 bits per heavy atom. The number of aryl methyl sites for hydroxylation is 1. The summed E-state index contributed by atoms with van der Waals surface area (Å²) in [5.41, 5.74) is 2.41. The lowest BCUT2D eigenvalue weighted by atomic mass is 9.93. The quantitative estimate of drug-likeness (QED) is 0.737. The number of likely N-dealkylation sites (N-methyl/N-ethyl adjacent to an activating group) is 1. The molecule has 0 saturated heterocycles. The fourth-order valence-corrected chi connectivity index (χ4v) is 2.09. The average molecular weight is 289 g/mol. The Hall–Kier alpha value is -1.07. The first kappa shape index (κ1) is 17.0. The van der Waals surface area contributed by atoms with E-state index in [9.17, 15) is 13.2 Å². The van der Waals surface area contributed by atoms with Crippen molar-refractivity contribution in [3.05, 3.63) is 35.4 Å². The van der Waals surface area contributed by atoms with E-state index < -0.39 is 12.8 Å². The van der Waals surface area contributed by atoms with Gasteiger partial charge in [-0.25, -0.2) is 0 Å². The second kappa shape index (κ2) is 8.27. The van der Waals surface area contributed by atoms with E-state index in [1.165, 1.54) is 11.1 Å². The first-order valence-electron chi connectivity index (χ1n) is 6.78. The van der Waals surface area contributed by atoms with E-state index in [0.29, 0.717) is 12.3 Å². The van der Waals surface area contributed by atoms with Crippen LogP contribution in [0.15, 0.2) is 24.3 Å². The van der Waals surface area contributed by atoms with E-state index in [1.54, 1.807) is 0 Å². The predicted molar refractivity (Wildman–Crippen MR) is 74.0 cm³/mol. The molecule has 1 rings (SSSR count). The standard InChI is InChI=1S/C15H22F3NO/c1-12-5-7-13(8-6-12)14(10-19-2)4-3-9-20-11-15(16,17)18/h5-8,14,19H,3-4,9-11H2,1-2H3. The topological polar surface area (TPSA) is 21.3 Å². The lowest BCUT2D eigenvalue weighted by molar-refractivity contribution is -0.174.